The SMILES string of the molecule is COc1ccc2ccccc2c1-c1c(C(S(=O)(=O)C(F)(F)F)S(=O)(=O)C(F)(F)F)ccc2ccccc12. The third-order valence-electron chi connectivity index (χ3n) is 5.78. The van der Waals surface area contributed by atoms with Crippen molar-refractivity contribution < 1.29 is 47.9 Å². The zero-order valence-corrected chi connectivity index (χ0v) is 20.3. The van der Waals surface area contributed by atoms with E-state index in [0.29, 0.717) is 16.8 Å². The number of rotatable bonds is 5. The van der Waals surface area contributed by atoms with Gasteiger partial charge in [-0.15, -0.1) is 0 Å². The van der Waals surface area contributed by atoms with Gasteiger partial charge < -0.3 is 4.74 Å². The fourth-order valence-electron chi connectivity index (χ4n) is 4.19. The van der Waals surface area contributed by atoms with Crippen LogP contribution in [-0.2, 0) is 19.7 Å². The van der Waals surface area contributed by atoms with Crippen LogP contribution in [0.1, 0.15) is 10.1 Å². The van der Waals surface area contributed by atoms with Crippen molar-refractivity contribution in [2.75, 3.05) is 7.11 Å². The van der Waals surface area contributed by atoms with Crippen molar-refractivity contribution in [2.24, 2.45) is 0 Å². The maximum atomic E-state index is 13.7. The Bertz CT molecular complexity index is 1680. The standard InChI is InChI=1S/C24H16F6O5S2/c1-35-19-13-11-15-7-3-5-9-17(15)21(19)20-16-8-4-2-6-14(16)10-12-18(20)22(36(31,32)23(25,26)27)37(33,34)24(28,29)30/h2-13,22H,1H3. The van der Waals surface area contributed by atoms with Crippen LogP contribution in [0.25, 0.3) is 32.7 Å². The second-order valence-corrected chi connectivity index (χ2v) is 12.3. The third-order valence-corrected chi connectivity index (χ3v) is 10.2. The highest BCUT2D eigenvalue weighted by Crippen LogP contribution is 2.51. The second-order valence-electron chi connectivity index (χ2n) is 7.93. The first-order valence-corrected chi connectivity index (χ1v) is 13.4. The first-order valence-electron chi connectivity index (χ1n) is 10.3. The highest BCUT2D eigenvalue weighted by Gasteiger charge is 2.64. The minimum atomic E-state index is -6.95. The van der Waals surface area contributed by atoms with Crippen LogP contribution in [0.5, 0.6) is 5.75 Å². The van der Waals surface area contributed by atoms with Crippen LogP contribution in [0.3, 0.4) is 0 Å². The zero-order valence-electron chi connectivity index (χ0n) is 18.6. The quantitative estimate of drug-likeness (QED) is 0.258. The van der Waals surface area contributed by atoms with E-state index >= 15 is 0 Å². The molecule has 0 radical (unpaired) electrons. The Balaban J connectivity index is 2.30. The summed E-state index contributed by atoms with van der Waals surface area (Å²) in [5, 5.41) is 1.11. The molecule has 0 spiro atoms. The molecule has 4 aromatic rings. The Labute approximate surface area is 207 Å². The summed E-state index contributed by atoms with van der Waals surface area (Å²) in [5.41, 5.74) is -14.4. The Kier molecular flexibility index (Phi) is 6.44. The van der Waals surface area contributed by atoms with Crippen molar-refractivity contribution in [1.29, 1.82) is 0 Å². The summed E-state index contributed by atoms with van der Waals surface area (Å²) in [6, 6.07) is 16.8. The van der Waals surface area contributed by atoms with E-state index < -0.39 is 46.4 Å². The molecule has 13 heteroatoms. The Morgan fingerprint density at radius 1 is 0.622 bits per heavy atom. The molecular weight excluding hydrogens is 546 g/mol. The molecule has 4 rings (SSSR count). The van der Waals surface area contributed by atoms with E-state index in [1.165, 1.54) is 37.4 Å². The van der Waals surface area contributed by atoms with Gasteiger partial charge in [0.25, 0.3) is 19.7 Å². The highest BCUT2D eigenvalue weighted by molar-refractivity contribution is 8.09. The molecular formula is C24H16F6O5S2. The van der Waals surface area contributed by atoms with Crippen molar-refractivity contribution in [3.8, 4) is 16.9 Å². The molecule has 0 saturated heterocycles. The van der Waals surface area contributed by atoms with Gasteiger partial charge in [0.15, 0.2) is 0 Å². The van der Waals surface area contributed by atoms with E-state index in [0.717, 1.165) is 6.07 Å². The fraction of sp³-hybridized carbons (Fsp3) is 0.167. The number of methoxy groups -OCH3 is 1. The molecule has 0 aliphatic carbocycles. The molecule has 0 N–H and O–H groups in total. The predicted octanol–water partition coefficient (Wildman–Crippen LogP) is 6.54. The molecule has 196 valence electrons. The lowest BCUT2D eigenvalue weighted by Crippen LogP contribution is -2.39. The molecule has 0 unspecified atom stereocenters. The maximum Gasteiger partial charge on any atom is 0.499 e. The number of benzene rings is 4. The normalized spacial score (nSPS) is 13.4. The van der Waals surface area contributed by atoms with Crippen molar-refractivity contribution >= 4 is 41.2 Å². The van der Waals surface area contributed by atoms with E-state index in [1.54, 1.807) is 30.3 Å². The van der Waals surface area contributed by atoms with Crippen LogP contribution in [-0.4, -0.2) is 35.0 Å². The molecule has 0 saturated carbocycles. The van der Waals surface area contributed by atoms with E-state index in [2.05, 4.69) is 0 Å². The lowest BCUT2D eigenvalue weighted by molar-refractivity contribution is -0.0472. The van der Waals surface area contributed by atoms with Crippen LogP contribution in [0.2, 0.25) is 0 Å². The molecule has 0 aromatic heterocycles. The van der Waals surface area contributed by atoms with Crippen molar-refractivity contribution in [1.82, 2.24) is 0 Å². The molecule has 0 aliphatic rings. The largest absolute Gasteiger partial charge is 0.499 e. The lowest BCUT2D eigenvalue weighted by Gasteiger charge is -2.25. The Morgan fingerprint density at radius 3 is 1.51 bits per heavy atom. The summed E-state index contributed by atoms with van der Waals surface area (Å²) in [6.45, 7) is 0. The van der Waals surface area contributed by atoms with E-state index in [1.807, 2.05) is 0 Å². The first-order chi connectivity index (χ1) is 17.1. The zero-order chi connectivity index (χ0) is 27.4. The first kappa shape index (κ1) is 26.7. The topological polar surface area (TPSA) is 77.5 Å². The molecule has 0 aliphatic heterocycles. The summed E-state index contributed by atoms with van der Waals surface area (Å²) < 4.78 is 134. The molecule has 0 heterocycles. The van der Waals surface area contributed by atoms with Gasteiger partial charge in [-0.25, -0.2) is 16.8 Å². The van der Waals surface area contributed by atoms with Crippen LogP contribution in [0, 0.1) is 0 Å². The van der Waals surface area contributed by atoms with Gasteiger partial charge in [-0.05, 0) is 38.7 Å². The van der Waals surface area contributed by atoms with Gasteiger partial charge in [0, 0.05) is 5.56 Å². The predicted molar refractivity (Wildman–Crippen MR) is 126 cm³/mol. The van der Waals surface area contributed by atoms with Gasteiger partial charge in [-0.2, -0.15) is 26.3 Å². The summed E-state index contributed by atoms with van der Waals surface area (Å²) >= 11 is 0. The van der Waals surface area contributed by atoms with Gasteiger partial charge in [0.05, 0.1) is 7.11 Å². The molecule has 37 heavy (non-hydrogen) atoms. The molecule has 0 atom stereocenters. The number of alkyl halides is 6. The molecule has 0 amide bonds. The molecule has 0 bridgehead atoms. The minimum Gasteiger partial charge on any atom is -0.496 e. The van der Waals surface area contributed by atoms with Gasteiger partial charge in [-0.1, -0.05) is 66.7 Å². The van der Waals surface area contributed by atoms with Gasteiger partial charge in [-0.3, -0.25) is 0 Å². The summed E-state index contributed by atoms with van der Waals surface area (Å²) in [7, 11) is -12.7. The van der Waals surface area contributed by atoms with Crippen LogP contribution < -0.4 is 4.74 Å². The summed E-state index contributed by atoms with van der Waals surface area (Å²) in [6.07, 6.45) is 0. The smallest absolute Gasteiger partial charge is 0.496 e. The van der Waals surface area contributed by atoms with E-state index in [4.69, 9.17) is 4.74 Å². The molecule has 0 fully saturated rings. The summed E-state index contributed by atoms with van der Waals surface area (Å²) in [5.74, 6) is -0.0242. The number of ether oxygens (including phenoxy) is 1. The Morgan fingerprint density at radius 2 is 1.05 bits per heavy atom. The van der Waals surface area contributed by atoms with Crippen molar-refractivity contribution in [3.63, 3.8) is 0 Å². The van der Waals surface area contributed by atoms with E-state index in [-0.39, 0.29) is 22.1 Å². The number of fused-ring (bicyclic) bond motifs is 2. The second kappa shape index (κ2) is 8.91. The fourth-order valence-corrected chi connectivity index (χ4v) is 7.72. The summed E-state index contributed by atoms with van der Waals surface area (Å²) in [4.78, 5) is 0. The van der Waals surface area contributed by atoms with Crippen LogP contribution in [0.4, 0.5) is 26.3 Å². The van der Waals surface area contributed by atoms with Gasteiger partial charge >= 0.3 is 11.0 Å². The Hall–Kier alpha value is -3.32. The van der Waals surface area contributed by atoms with Gasteiger partial charge in [0.2, 0.25) is 4.58 Å². The average molecular weight is 563 g/mol. The highest BCUT2D eigenvalue weighted by atomic mass is 32.3. The monoisotopic (exact) mass is 562 g/mol. The van der Waals surface area contributed by atoms with Crippen LogP contribution in [0.15, 0.2) is 72.8 Å². The number of hydrogen-bond donors (Lipinski definition) is 0. The lowest BCUT2D eigenvalue weighted by atomic mass is 9.90. The van der Waals surface area contributed by atoms with E-state index in [9.17, 15) is 43.2 Å². The maximum absolute atomic E-state index is 13.7. The number of hydrogen-bond acceptors (Lipinski definition) is 5. The van der Waals surface area contributed by atoms with Crippen molar-refractivity contribution in [3.05, 3.63) is 78.4 Å². The molecule has 4 aromatic carbocycles. The minimum absolute atomic E-state index is 0.0226. The van der Waals surface area contributed by atoms with Crippen LogP contribution >= 0.6 is 0 Å². The number of halogens is 6. The number of sulfone groups is 2. The third kappa shape index (κ3) is 4.29. The van der Waals surface area contributed by atoms with Crippen molar-refractivity contribution in [2.45, 2.75) is 15.6 Å². The molecule has 5 nitrogen and oxygen atoms in total. The average Bonchev–Trinajstić information content (AvgIpc) is 2.81. The van der Waals surface area contributed by atoms with Gasteiger partial charge in [0.1, 0.15) is 5.75 Å².